The van der Waals surface area contributed by atoms with Crippen LogP contribution in [0.1, 0.15) is 101 Å². The molecule has 4 rings (SSSR count). The minimum absolute atomic E-state index is 0.809. The Bertz CT molecular complexity index is 1090. The molecule has 4 nitrogen and oxygen atoms in total. The van der Waals surface area contributed by atoms with E-state index in [-0.39, 0.29) is 0 Å². The Kier molecular flexibility index (Phi) is 8.67. The van der Waals surface area contributed by atoms with E-state index < -0.39 is 0 Å². The third kappa shape index (κ3) is 6.55. The van der Waals surface area contributed by atoms with Gasteiger partial charge >= 0.3 is 0 Å². The number of hydrogen-bond acceptors (Lipinski definition) is 3. The number of benzene rings is 1. The molecular formula is C31H44N4. The topological polar surface area (TPSA) is 55.9 Å². The zero-order valence-corrected chi connectivity index (χ0v) is 22.3. The molecule has 0 bridgehead atoms. The Morgan fingerprint density at radius 2 is 1.80 bits per heavy atom. The standard InChI is InChI=1S/C31H44N4/c1-5-6-11-28-34-30(29(32)22(2)3)31(27-10-8-7-9-23(27)4)35(28)21-26-16-14-25(15-17-26)20-33-19-18-24-12-13-24/h9-10,14-17,24,33H,5-8,11-13,18-21,32H2,1-4H3. The van der Waals surface area contributed by atoms with Crippen LogP contribution in [-0.2, 0) is 19.5 Å². The number of nitrogens with two attached hydrogens (primary N) is 1. The molecule has 1 heterocycles. The molecule has 2 aliphatic rings. The molecule has 0 saturated heterocycles. The second-order valence-electron chi connectivity index (χ2n) is 10.6. The van der Waals surface area contributed by atoms with E-state index in [2.05, 4.69) is 74.0 Å². The van der Waals surface area contributed by atoms with Crippen LogP contribution in [0.15, 0.2) is 47.6 Å². The second-order valence-corrected chi connectivity index (χ2v) is 10.6. The quantitative estimate of drug-likeness (QED) is 0.327. The molecule has 0 amide bonds. The molecule has 2 aromatic rings. The van der Waals surface area contributed by atoms with Gasteiger partial charge in [0.1, 0.15) is 11.5 Å². The summed E-state index contributed by atoms with van der Waals surface area (Å²) in [6.45, 7) is 11.5. The van der Waals surface area contributed by atoms with Crippen molar-refractivity contribution in [3.63, 3.8) is 0 Å². The average molecular weight is 473 g/mol. The van der Waals surface area contributed by atoms with Crippen molar-refractivity contribution in [2.24, 2.45) is 11.7 Å². The summed E-state index contributed by atoms with van der Waals surface area (Å²) in [5, 5.41) is 3.61. The summed E-state index contributed by atoms with van der Waals surface area (Å²) in [5.41, 5.74) is 16.0. The predicted octanol–water partition coefficient (Wildman–Crippen LogP) is 7.00. The lowest BCUT2D eigenvalue weighted by atomic mass is 9.94. The molecule has 2 aliphatic carbocycles. The summed E-state index contributed by atoms with van der Waals surface area (Å²) in [5.74, 6) is 2.13. The van der Waals surface area contributed by atoms with Crippen molar-refractivity contribution in [2.75, 3.05) is 6.54 Å². The largest absolute Gasteiger partial charge is 0.397 e. The number of unbranched alkanes of at least 4 members (excludes halogenated alkanes) is 1. The summed E-state index contributed by atoms with van der Waals surface area (Å²) < 4.78 is 2.44. The Morgan fingerprint density at radius 1 is 1.09 bits per heavy atom. The maximum atomic E-state index is 6.65. The van der Waals surface area contributed by atoms with Gasteiger partial charge in [-0.1, -0.05) is 68.2 Å². The number of nitrogens with zero attached hydrogens (tertiary/aromatic N) is 2. The van der Waals surface area contributed by atoms with E-state index in [4.69, 9.17) is 10.7 Å². The third-order valence-corrected chi connectivity index (χ3v) is 7.36. The molecule has 35 heavy (non-hydrogen) atoms. The van der Waals surface area contributed by atoms with E-state index in [0.717, 1.165) is 80.4 Å². The molecule has 0 unspecified atom stereocenters. The van der Waals surface area contributed by atoms with Crippen LogP contribution in [0, 0.1) is 5.92 Å². The smallest absolute Gasteiger partial charge is 0.112 e. The van der Waals surface area contributed by atoms with E-state index in [1.165, 1.54) is 47.2 Å². The van der Waals surface area contributed by atoms with Crippen LogP contribution in [0.4, 0.5) is 0 Å². The highest BCUT2D eigenvalue weighted by Crippen LogP contribution is 2.34. The average Bonchev–Trinajstić information content (AvgIpc) is 3.62. The number of aryl methyl sites for hydroxylation is 1. The predicted molar refractivity (Wildman–Crippen MR) is 149 cm³/mol. The number of rotatable bonds is 12. The van der Waals surface area contributed by atoms with Crippen LogP contribution in [0.25, 0.3) is 11.3 Å². The lowest BCUT2D eigenvalue weighted by Gasteiger charge is -2.19. The summed E-state index contributed by atoms with van der Waals surface area (Å²) in [6.07, 6.45) is 14.3. The van der Waals surface area contributed by atoms with Crippen molar-refractivity contribution in [3.05, 3.63) is 75.9 Å². The molecule has 1 aromatic heterocycles. The van der Waals surface area contributed by atoms with Gasteiger partial charge < -0.3 is 15.6 Å². The van der Waals surface area contributed by atoms with Gasteiger partial charge in [-0.3, -0.25) is 0 Å². The van der Waals surface area contributed by atoms with Crippen LogP contribution in [0.2, 0.25) is 0 Å². The van der Waals surface area contributed by atoms with Crippen LogP contribution < -0.4 is 11.1 Å². The van der Waals surface area contributed by atoms with Gasteiger partial charge in [-0.05, 0) is 81.2 Å². The van der Waals surface area contributed by atoms with Crippen molar-refractivity contribution in [1.82, 2.24) is 14.9 Å². The summed E-state index contributed by atoms with van der Waals surface area (Å²) in [4.78, 5) is 5.16. The third-order valence-electron chi connectivity index (χ3n) is 7.36. The fourth-order valence-corrected chi connectivity index (χ4v) is 4.87. The highest BCUT2D eigenvalue weighted by Gasteiger charge is 2.24. The van der Waals surface area contributed by atoms with Crippen LogP contribution in [-0.4, -0.2) is 16.1 Å². The molecular weight excluding hydrogens is 428 g/mol. The van der Waals surface area contributed by atoms with E-state index in [1.54, 1.807) is 0 Å². The molecule has 3 N–H and O–H groups in total. The highest BCUT2D eigenvalue weighted by molar-refractivity contribution is 5.84. The number of nitrogens with one attached hydrogen (secondary N) is 1. The van der Waals surface area contributed by atoms with Gasteiger partial charge in [-0.15, -0.1) is 0 Å². The Balaban J connectivity index is 1.63. The maximum absolute atomic E-state index is 6.65. The molecule has 0 aliphatic heterocycles. The van der Waals surface area contributed by atoms with Gasteiger partial charge in [-0.2, -0.15) is 0 Å². The molecule has 4 heteroatoms. The minimum atomic E-state index is 0.809. The molecule has 1 aromatic carbocycles. The molecule has 0 radical (unpaired) electrons. The van der Waals surface area contributed by atoms with Gasteiger partial charge in [0, 0.05) is 19.5 Å². The summed E-state index contributed by atoms with van der Waals surface area (Å²) in [7, 11) is 0. The minimum Gasteiger partial charge on any atom is -0.397 e. The van der Waals surface area contributed by atoms with E-state index in [1.807, 2.05) is 0 Å². The normalized spacial score (nSPS) is 15.7. The van der Waals surface area contributed by atoms with Crippen molar-refractivity contribution < 1.29 is 0 Å². The number of imidazole rings is 1. The van der Waals surface area contributed by atoms with Crippen LogP contribution >= 0.6 is 0 Å². The number of hydrogen-bond donors (Lipinski definition) is 2. The van der Waals surface area contributed by atoms with Gasteiger partial charge in [0.15, 0.2) is 0 Å². The summed E-state index contributed by atoms with van der Waals surface area (Å²) in [6, 6.07) is 9.12. The van der Waals surface area contributed by atoms with Crippen LogP contribution in [0.3, 0.4) is 0 Å². The van der Waals surface area contributed by atoms with Gasteiger partial charge in [0.2, 0.25) is 0 Å². The molecule has 1 fully saturated rings. The highest BCUT2D eigenvalue weighted by atomic mass is 15.1. The monoisotopic (exact) mass is 472 g/mol. The summed E-state index contributed by atoms with van der Waals surface area (Å²) >= 11 is 0. The molecule has 0 spiro atoms. The first-order valence-electron chi connectivity index (χ1n) is 13.7. The zero-order chi connectivity index (χ0) is 24.8. The van der Waals surface area contributed by atoms with Crippen molar-refractivity contribution in [3.8, 4) is 0 Å². The van der Waals surface area contributed by atoms with Gasteiger partial charge in [0.25, 0.3) is 0 Å². The Hall–Kier alpha value is -2.59. The lowest BCUT2D eigenvalue weighted by Crippen LogP contribution is -2.15. The first-order valence-corrected chi connectivity index (χ1v) is 13.7. The fourth-order valence-electron chi connectivity index (χ4n) is 4.87. The number of allylic oxidation sites excluding steroid dienone is 5. The first kappa shape index (κ1) is 25.5. The molecule has 0 atom stereocenters. The van der Waals surface area contributed by atoms with Gasteiger partial charge in [0.05, 0.1) is 11.4 Å². The van der Waals surface area contributed by atoms with E-state index in [9.17, 15) is 0 Å². The maximum Gasteiger partial charge on any atom is 0.112 e. The van der Waals surface area contributed by atoms with Crippen LogP contribution in [0.5, 0.6) is 0 Å². The fraction of sp³-hybridized carbons (Fsp3) is 0.516. The Labute approximate surface area is 212 Å². The van der Waals surface area contributed by atoms with Gasteiger partial charge in [-0.25, -0.2) is 4.98 Å². The zero-order valence-electron chi connectivity index (χ0n) is 22.3. The molecule has 188 valence electrons. The van der Waals surface area contributed by atoms with E-state index >= 15 is 0 Å². The lowest BCUT2D eigenvalue weighted by molar-refractivity contribution is 0.612. The SMILES string of the molecule is CCCCc1nc(C(N)=C(C)C)c(C2=CCCC=C2C)n1Cc1ccc(CNCCC2CC2)cc1. The first-order chi connectivity index (χ1) is 17.0. The number of aromatic nitrogens is 2. The second kappa shape index (κ2) is 11.9. The van der Waals surface area contributed by atoms with Crippen molar-refractivity contribution >= 4 is 11.3 Å². The van der Waals surface area contributed by atoms with Crippen molar-refractivity contribution in [1.29, 1.82) is 0 Å². The Morgan fingerprint density at radius 3 is 2.46 bits per heavy atom. The molecule has 1 saturated carbocycles. The van der Waals surface area contributed by atoms with Crippen molar-refractivity contribution in [2.45, 2.75) is 92.2 Å². The van der Waals surface area contributed by atoms with E-state index in [0.29, 0.717) is 0 Å².